The first-order chi connectivity index (χ1) is 14.3. The van der Waals surface area contributed by atoms with Gasteiger partial charge < -0.3 is 22.2 Å². The number of nitrogens with two attached hydrogens (primary N) is 3. The van der Waals surface area contributed by atoms with Gasteiger partial charge >= 0.3 is 0 Å². The molecule has 8 heteroatoms. The Kier molecular flexibility index (Phi) is 11.9. The van der Waals surface area contributed by atoms with E-state index < -0.39 is 11.8 Å². The number of carbonyl (C=O) groups excluding carboxylic acids is 3. The SMILES string of the molecule is CC(=O)C(C)C(C)C.CC(C(=N)N)C(N)=O.CC(Cc1c[nH]c2ccccc12)C(N)=O. The molecule has 172 valence electrons. The van der Waals surface area contributed by atoms with Crippen LogP contribution in [0.5, 0.6) is 0 Å². The van der Waals surface area contributed by atoms with Crippen LogP contribution in [-0.2, 0) is 20.8 Å². The van der Waals surface area contributed by atoms with Crippen molar-refractivity contribution < 1.29 is 14.4 Å². The first-order valence-corrected chi connectivity index (χ1v) is 10.3. The van der Waals surface area contributed by atoms with E-state index in [0.29, 0.717) is 18.1 Å². The van der Waals surface area contributed by atoms with Crippen LogP contribution in [0.3, 0.4) is 0 Å². The second-order valence-electron chi connectivity index (χ2n) is 8.09. The van der Waals surface area contributed by atoms with Gasteiger partial charge in [-0.05, 0) is 37.8 Å². The van der Waals surface area contributed by atoms with Gasteiger partial charge in [-0.2, -0.15) is 0 Å². The number of benzene rings is 1. The number of nitrogens with one attached hydrogen (secondary N) is 2. The van der Waals surface area contributed by atoms with Crippen LogP contribution in [-0.4, -0.2) is 28.4 Å². The van der Waals surface area contributed by atoms with E-state index in [9.17, 15) is 14.4 Å². The number of hydrogen-bond acceptors (Lipinski definition) is 4. The van der Waals surface area contributed by atoms with Gasteiger partial charge in [0, 0.05) is 28.9 Å². The lowest BCUT2D eigenvalue weighted by molar-refractivity contribution is -0.122. The van der Waals surface area contributed by atoms with Crippen LogP contribution >= 0.6 is 0 Å². The molecule has 0 fully saturated rings. The Morgan fingerprint density at radius 2 is 1.52 bits per heavy atom. The van der Waals surface area contributed by atoms with E-state index in [-0.39, 0.29) is 23.6 Å². The third kappa shape index (κ3) is 9.93. The number of aromatic amines is 1. The number of rotatable bonds is 7. The maximum atomic E-state index is 11.0. The van der Waals surface area contributed by atoms with E-state index in [1.165, 1.54) is 12.3 Å². The van der Waals surface area contributed by atoms with E-state index in [0.717, 1.165) is 11.1 Å². The lowest BCUT2D eigenvalue weighted by Gasteiger charge is -2.09. The Morgan fingerprint density at radius 1 is 0.968 bits per heavy atom. The molecule has 0 saturated heterocycles. The van der Waals surface area contributed by atoms with E-state index in [1.807, 2.05) is 38.2 Å². The number of hydrogen-bond donors (Lipinski definition) is 5. The molecule has 1 heterocycles. The van der Waals surface area contributed by atoms with Crippen LogP contribution < -0.4 is 17.2 Å². The van der Waals surface area contributed by atoms with Gasteiger partial charge in [0.1, 0.15) is 11.6 Å². The fourth-order valence-electron chi connectivity index (χ4n) is 2.35. The molecule has 0 aliphatic heterocycles. The molecule has 2 rings (SSSR count). The standard InChI is InChI=1S/C12H14N2O.C7H14O.C4H9N3O/c1-8(12(13)15)6-9-7-14-11-5-3-2-4-10(9)11;1-5(2)6(3)7(4)8;1-2(3(5)6)4(7)8/h2-5,7-8,14H,6H2,1H3,(H2,13,15);5-6H,1-4H3;2H,1H3,(H3,5,6)(H2,7,8). The summed E-state index contributed by atoms with van der Waals surface area (Å²) in [5.74, 6) is -0.725. The van der Waals surface area contributed by atoms with Gasteiger partial charge in [-0.3, -0.25) is 19.8 Å². The third-order valence-electron chi connectivity index (χ3n) is 5.22. The molecule has 31 heavy (non-hydrogen) atoms. The highest BCUT2D eigenvalue weighted by Crippen LogP contribution is 2.20. The Labute approximate surface area is 184 Å². The van der Waals surface area contributed by atoms with Crippen molar-refractivity contribution in [2.45, 2.75) is 48.0 Å². The van der Waals surface area contributed by atoms with Gasteiger partial charge in [-0.15, -0.1) is 0 Å². The second-order valence-corrected chi connectivity index (χ2v) is 8.09. The van der Waals surface area contributed by atoms with Crippen LogP contribution in [0.25, 0.3) is 10.9 Å². The zero-order valence-corrected chi connectivity index (χ0v) is 19.4. The number of primary amides is 2. The monoisotopic (exact) mass is 431 g/mol. The first kappa shape index (κ1) is 27.8. The summed E-state index contributed by atoms with van der Waals surface area (Å²) in [7, 11) is 0. The zero-order chi connectivity index (χ0) is 24.3. The topological polar surface area (TPSA) is 169 Å². The van der Waals surface area contributed by atoms with Crippen molar-refractivity contribution in [3.8, 4) is 0 Å². The highest BCUT2D eigenvalue weighted by atomic mass is 16.1. The maximum absolute atomic E-state index is 11.0. The number of amidine groups is 1. The zero-order valence-electron chi connectivity index (χ0n) is 19.4. The average molecular weight is 432 g/mol. The molecule has 0 aliphatic carbocycles. The molecule has 1 aromatic carbocycles. The van der Waals surface area contributed by atoms with Gasteiger partial charge in [-0.25, -0.2) is 0 Å². The van der Waals surface area contributed by atoms with Crippen LogP contribution in [0, 0.1) is 29.1 Å². The number of aromatic nitrogens is 1. The summed E-state index contributed by atoms with van der Waals surface area (Å²) >= 11 is 0. The number of fused-ring (bicyclic) bond motifs is 1. The maximum Gasteiger partial charge on any atom is 0.227 e. The fourth-order valence-corrected chi connectivity index (χ4v) is 2.35. The molecule has 1 aromatic heterocycles. The van der Waals surface area contributed by atoms with E-state index >= 15 is 0 Å². The molecule has 0 bridgehead atoms. The molecule has 0 radical (unpaired) electrons. The Balaban J connectivity index is 0.000000483. The average Bonchev–Trinajstić information content (AvgIpc) is 3.10. The van der Waals surface area contributed by atoms with Gasteiger partial charge in [0.25, 0.3) is 0 Å². The van der Waals surface area contributed by atoms with Crippen molar-refractivity contribution in [3.05, 3.63) is 36.0 Å². The molecular formula is C23H37N5O3. The summed E-state index contributed by atoms with van der Waals surface area (Å²) in [4.78, 5) is 34.9. The van der Waals surface area contributed by atoms with E-state index in [1.54, 1.807) is 6.92 Å². The second kappa shape index (κ2) is 13.2. The molecule has 0 aliphatic rings. The Morgan fingerprint density at radius 3 is 1.87 bits per heavy atom. The highest BCUT2D eigenvalue weighted by Gasteiger charge is 2.12. The van der Waals surface area contributed by atoms with Crippen LogP contribution in [0.4, 0.5) is 0 Å². The minimum Gasteiger partial charge on any atom is -0.387 e. The summed E-state index contributed by atoms with van der Waals surface area (Å²) in [5, 5.41) is 7.88. The molecule has 2 aromatic rings. The van der Waals surface area contributed by atoms with Crippen molar-refractivity contribution in [1.29, 1.82) is 5.41 Å². The van der Waals surface area contributed by atoms with Crippen LogP contribution in [0.1, 0.15) is 47.1 Å². The lowest BCUT2D eigenvalue weighted by atomic mass is 9.95. The molecule has 0 spiro atoms. The van der Waals surface area contributed by atoms with Gasteiger partial charge in [0.2, 0.25) is 11.8 Å². The van der Waals surface area contributed by atoms with Crippen molar-refractivity contribution in [1.82, 2.24) is 4.98 Å². The van der Waals surface area contributed by atoms with Crippen LogP contribution in [0.2, 0.25) is 0 Å². The largest absolute Gasteiger partial charge is 0.387 e. The number of amides is 2. The van der Waals surface area contributed by atoms with E-state index in [4.69, 9.17) is 22.6 Å². The minimum absolute atomic E-state index is 0.121. The number of para-hydroxylation sites is 1. The van der Waals surface area contributed by atoms with Crippen molar-refractivity contribution in [3.63, 3.8) is 0 Å². The summed E-state index contributed by atoms with van der Waals surface area (Å²) in [6.07, 6.45) is 2.64. The number of ketones is 1. The Bertz CT molecular complexity index is 874. The predicted molar refractivity (Wildman–Crippen MR) is 125 cm³/mol. The third-order valence-corrected chi connectivity index (χ3v) is 5.22. The minimum atomic E-state index is -0.630. The number of carbonyl (C=O) groups is 3. The van der Waals surface area contributed by atoms with Crippen molar-refractivity contribution in [2.75, 3.05) is 0 Å². The van der Waals surface area contributed by atoms with E-state index in [2.05, 4.69) is 24.9 Å². The number of Topliss-reactive ketones (excluding diaryl/α,β-unsaturated/α-hetero) is 1. The molecule has 2 amide bonds. The normalized spacial score (nSPS) is 13.1. The molecule has 3 unspecified atom stereocenters. The molecule has 0 saturated carbocycles. The first-order valence-electron chi connectivity index (χ1n) is 10.3. The van der Waals surface area contributed by atoms with Gasteiger partial charge in [0.15, 0.2) is 0 Å². The lowest BCUT2D eigenvalue weighted by Crippen LogP contribution is -2.32. The highest BCUT2D eigenvalue weighted by molar-refractivity contribution is 5.99. The van der Waals surface area contributed by atoms with Crippen LogP contribution in [0.15, 0.2) is 30.5 Å². The summed E-state index contributed by atoms with van der Waals surface area (Å²) < 4.78 is 0. The molecule has 8 N–H and O–H groups in total. The fraction of sp³-hybridized carbons (Fsp3) is 0.478. The van der Waals surface area contributed by atoms with Crippen molar-refractivity contribution >= 4 is 34.3 Å². The Hall–Kier alpha value is -3.16. The smallest absolute Gasteiger partial charge is 0.227 e. The van der Waals surface area contributed by atoms with Gasteiger partial charge in [-0.1, -0.05) is 45.9 Å². The molecule has 8 nitrogen and oxygen atoms in total. The number of H-pyrrole nitrogens is 1. The predicted octanol–water partition coefficient (Wildman–Crippen LogP) is 2.74. The van der Waals surface area contributed by atoms with Gasteiger partial charge in [0.05, 0.1) is 5.92 Å². The quantitative estimate of drug-likeness (QED) is 0.335. The summed E-state index contributed by atoms with van der Waals surface area (Å²) in [5.41, 5.74) is 17.2. The summed E-state index contributed by atoms with van der Waals surface area (Å²) in [6, 6.07) is 8.05. The molecular weight excluding hydrogens is 394 g/mol. The molecule has 3 atom stereocenters. The van der Waals surface area contributed by atoms with Crippen molar-refractivity contribution in [2.24, 2.45) is 40.9 Å². The summed E-state index contributed by atoms with van der Waals surface area (Å²) in [6.45, 7) is 11.1.